The topological polar surface area (TPSA) is 131 Å². The van der Waals surface area contributed by atoms with Gasteiger partial charge in [-0.05, 0) is 70.6 Å². The molecule has 2 unspecified atom stereocenters. The number of quaternary nitrogens is 1. The van der Waals surface area contributed by atoms with Crippen molar-refractivity contribution in [3.63, 3.8) is 0 Å². The van der Waals surface area contributed by atoms with Crippen LogP contribution in [0.3, 0.4) is 0 Å². The van der Waals surface area contributed by atoms with E-state index in [2.05, 4.69) is 44.2 Å². The first-order valence-electron chi connectivity index (χ1n) is 24.4. The number of hydrogen-bond acceptors (Lipinski definition) is 9. The largest absolute Gasteiger partial charge is 0.756 e. The van der Waals surface area contributed by atoms with E-state index in [1.807, 2.05) is 69.8 Å². The Kier molecular flexibility index (Phi) is 41.1. The summed E-state index contributed by atoms with van der Waals surface area (Å²) in [6.07, 6.45) is 52.3. The summed E-state index contributed by atoms with van der Waals surface area (Å²) in [5.41, 5.74) is 0. The van der Waals surface area contributed by atoms with E-state index in [1.165, 1.54) is 83.5 Å². The first-order valence-corrected chi connectivity index (χ1v) is 25.9. The standard InChI is InChI=1S/C52H90NO9P/c1-6-8-10-12-14-15-16-17-18-19-20-21-22-23-24-28-31-35-39-43-51(55)59-47-50(48-61-63(57,58)60-46-45-53(3,4)5)62-52(56)44-40-36-32-29-26-25-27-30-34-38-42-49(54)41-37-33-13-11-9-7-2/h9,11,17-18,25-26,30,32-34,36-38,42,49-50,54H,6-8,10,12-16,19-24,27-29,31,35,39-41,43-48H2,1-5H3/b11-9-,18-17-,26-25-,34-30-,36-32-,37-33-,42-38+/t49?,50-/m1/s1. The van der Waals surface area contributed by atoms with Crippen molar-refractivity contribution >= 4 is 19.8 Å². The van der Waals surface area contributed by atoms with Crippen LogP contribution >= 0.6 is 7.82 Å². The van der Waals surface area contributed by atoms with Gasteiger partial charge in [-0.2, -0.15) is 0 Å². The van der Waals surface area contributed by atoms with Gasteiger partial charge in [-0.25, -0.2) is 0 Å². The predicted molar refractivity (Wildman–Crippen MR) is 260 cm³/mol. The molecule has 11 heteroatoms. The number of rotatable bonds is 43. The number of nitrogens with zero attached hydrogens (tertiary/aromatic N) is 1. The van der Waals surface area contributed by atoms with Crippen molar-refractivity contribution < 1.29 is 47.2 Å². The lowest BCUT2D eigenvalue weighted by atomic mass is 10.1. The number of likely N-dealkylation sites (N-methyl/N-ethyl adjacent to an activating group) is 1. The highest BCUT2D eigenvalue weighted by atomic mass is 31.2. The molecule has 362 valence electrons. The Morgan fingerprint density at radius 2 is 1.14 bits per heavy atom. The molecule has 0 fully saturated rings. The van der Waals surface area contributed by atoms with Gasteiger partial charge in [0.25, 0.3) is 7.82 Å². The van der Waals surface area contributed by atoms with Crippen LogP contribution in [0.2, 0.25) is 0 Å². The summed E-state index contributed by atoms with van der Waals surface area (Å²) in [4.78, 5) is 37.6. The van der Waals surface area contributed by atoms with Crippen LogP contribution in [0.5, 0.6) is 0 Å². The molecule has 0 heterocycles. The molecule has 0 aliphatic carbocycles. The minimum atomic E-state index is -4.67. The molecule has 0 spiro atoms. The van der Waals surface area contributed by atoms with Gasteiger partial charge in [-0.1, -0.05) is 176 Å². The number of allylic oxidation sites excluding steroid dienone is 12. The minimum Gasteiger partial charge on any atom is -0.756 e. The first kappa shape index (κ1) is 60.2. The van der Waals surface area contributed by atoms with Crippen molar-refractivity contribution in [1.29, 1.82) is 0 Å². The lowest BCUT2D eigenvalue weighted by Gasteiger charge is -2.28. The lowest BCUT2D eigenvalue weighted by Crippen LogP contribution is -2.37. The van der Waals surface area contributed by atoms with E-state index in [1.54, 1.807) is 6.08 Å². The molecule has 0 aromatic rings. The van der Waals surface area contributed by atoms with E-state index in [0.717, 1.165) is 38.5 Å². The van der Waals surface area contributed by atoms with Crippen LogP contribution in [0, 0.1) is 0 Å². The number of carbonyl (C=O) groups excluding carboxylic acids is 2. The van der Waals surface area contributed by atoms with E-state index in [-0.39, 0.29) is 26.1 Å². The second-order valence-corrected chi connectivity index (χ2v) is 18.7. The number of ether oxygens (including phenoxy) is 2. The second kappa shape index (κ2) is 43.1. The van der Waals surface area contributed by atoms with Crippen molar-refractivity contribution in [3.8, 4) is 0 Å². The Balaban J connectivity index is 4.47. The van der Waals surface area contributed by atoms with Gasteiger partial charge < -0.3 is 33.0 Å². The van der Waals surface area contributed by atoms with Gasteiger partial charge in [0, 0.05) is 12.8 Å². The summed E-state index contributed by atoms with van der Waals surface area (Å²) < 4.78 is 33.9. The Morgan fingerprint density at radius 3 is 1.76 bits per heavy atom. The number of phosphoric ester groups is 1. The molecule has 0 saturated carbocycles. The number of unbranched alkanes of at least 4 members (excludes halogenated alkanes) is 15. The molecule has 0 bridgehead atoms. The highest BCUT2D eigenvalue weighted by molar-refractivity contribution is 7.45. The Morgan fingerprint density at radius 1 is 0.603 bits per heavy atom. The Bertz CT molecular complexity index is 1360. The molecular weight excluding hydrogens is 814 g/mol. The number of hydrogen-bond donors (Lipinski definition) is 1. The number of aliphatic hydroxyl groups is 1. The normalized spacial score (nSPS) is 14.7. The van der Waals surface area contributed by atoms with Gasteiger partial charge in [-0.15, -0.1) is 0 Å². The van der Waals surface area contributed by atoms with Crippen LogP contribution in [0.15, 0.2) is 85.1 Å². The predicted octanol–water partition coefficient (Wildman–Crippen LogP) is 12.7. The Hall–Kier alpha value is -2.85. The Labute approximate surface area is 384 Å². The molecule has 0 amide bonds. The monoisotopic (exact) mass is 904 g/mol. The van der Waals surface area contributed by atoms with E-state index in [9.17, 15) is 24.2 Å². The number of carbonyl (C=O) groups is 2. The highest BCUT2D eigenvalue weighted by Crippen LogP contribution is 2.38. The first-order chi connectivity index (χ1) is 30.4. The number of phosphoric acid groups is 1. The molecule has 0 aromatic heterocycles. The molecule has 10 nitrogen and oxygen atoms in total. The molecule has 0 aromatic carbocycles. The maximum Gasteiger partial charge on any atom is 0.306 e. The van der Waals surface area contributed by atoms with E-state index in [0.29, 0.717) is 36.7 Å². The molecular formula is C52H90NO9P. The highest BCUT2D eigenvalue weighted by Gasteiger charge is 2.21. The summed E-state index contributed by atoms with van der Waals surface area (Å²) in [6.45, 7) is 3.93. The maximum atomic E-state index is 12.7. The van der Waals surface area contributed by atoms with Crippen LogP contribution in [0.4, 0.5) is 0 Å². The van der Waals surface area contributed by atoms with Gasteiger partial charge in [0.05, 0.1) is 33.9 Å². The molecule has 0 rings (SSSR count). The van der Waals surface area contributed by atoms with E-state index < -0.39 is 38.6 Å². The number of aliphatic hydroxyl groups excluding tert-OH is 1. The average Bonchev–Trinajstić information content (AvgIpc) is 3.23. The van der Waals surface area contributed by atoms with Crippen LogP contribution < -0.4 is 4.89 Å². The molecule has 0 aliphatic rings. The zero-order valence-electron chi connectivity index (χ0n) is 40.4. The smallest absolute Gasteiger partial charge is 0.306 e. The maximum absolute atomic E-state index is 12.7. The zero-order valence-corrected chi connectivity index (χ0v) is 41.2. The third-order valence-corrected chi connectivity index (χ3v) is 11.0. The molecule has 0 radical (unpaired) electrons. The quantitative estimate of drug-likeness (QED) is 0.0159. The molecule has 1 N–H and O–H groups in total. The van der Waals surface area contributed by atoms with Gasteiger partial charge in [0.2, 0.25) is 0 Å². The summed E-state index contributed by atoms with van der Waals surface area (Å²) in [6, 6.07) is 0. The van der Waals surface area contributed by atoms with Gasteiger partial charge >= 0.3 is 11.9 Å². The van der Waals surface area contributed by atoms with Gasteiger partial charge in [0.1, 0.15) is 19.8 Å². The fourth-order valence-corrected chi connectivity index (χ4v) is 6.90. The van der Waals surface area contributed by atoms with Crippen LogP contribution in [-0.4, -0.2) is 81.2 Å². The summed E-state index contributed by atoms with van der Waals surface area (Å²) in [5, 5.41) is 10.0. The third-order valence-electron chi connectivity index (χ3n) is 9.99. The van der Waals surface area contributed by atoms with Crippen molar-refractivity contribution in [3.05, 3.63) is 85.1 Å². The van der Waals surface area contributed by atoms with Gasteiger partial charge in [-0.3, -0.25) is 14.2 Å². The van der Waals surface area contributed by atoms with Crippen molar-refractivity contribution in [2.24, 2.45) is 0 Å². The molecule has 0 aliphatic heterocycles. The van der Waals surface area contributed by atoms with Crippen molar-refractivity contribution in [2.45, 2.75) is 187 Å². The second-order valence-electron chi connectivity index (χ2n) is 17.3. The SMILES string of the molecule is CC/C=C\C/C=C\CC(O)/C=C/C=C\C/C=C\C/C=C\CCC(=O)O[C@H](COC(=O)CCCCCCCCCCC/C=C\CCCCCCCC)COP(=O)([O-])OCC[N+](C)(C)C. The van der Waals surface area contributed by atoms with Crippen molar-refractivity contribution in [2.75, 3.05) is 47.5 Å². The summed E-state index contributed by atoms with van der Waals surface area (Å²) >= 11 is 0. The summed E-state index contributed by atoms with van der Waals surface area (Å²) in [5.74, 6) is -0.969. The molecule has 0 saturated heterocycles. The fraction of sp³-hybridized carbons (Fsp3) is 0.692. The third kappa shape index (κ3) is 46.9. The van der Waals surface area contributed by atoms with Crippen LogP contribution in [0.1, 0.15) is 174 Å². The van der Waals surface area contributed by atoms with E-state index >= 15 is 0 Å². The lowest BCUT2D eigenvalue weighted by molar-refractivity contribution is -0.870. The fourth-order valence-electron chi connectivity index (χ4n) is 6.17. The van der Waals surface area contributed by atoms with E-state index in [4.69, 9.17) is 18.5 Å². The average molecular weight is 904 g/mol. The van der Waals surface area contributed by atoms with Crippen LogP contribution in [0.25, 0.3) is 0 Å². The zero-order chi connectivity index (χ0) is 46.5. The molecule has 63 heavy (non-hydrogen) atoms. The van der Waals surface area contributed by atoms with Crippen molar-refractivity contribution in [1.82, 2.24) is 0 Å². The summed E-state index contributed by atoms with van der Waals surface area (Å²) in [7, 11) is 1.08. The number of esters is 2. The van der Waals surface area contributed by atoms with Crippen LogP contribution in [-0.2, 0) is 32.7 Å². The minimum absolute atomic E-state index is 0.0579. The van der Waals surface area contributed by atoms with Gasteiger partial charge in [0.15, 0.2) is 6.10 Å². The molecule has 3 atom stereocenters.